The van der Waals surface area contributed by atoms with Crippen LogP contribution in [0.3, 0.4) is 0 Å². The van der Waals surface area contributed by atoms with E-state index in [9.17, 15) is 0 Å². The summed E-state index contributed by atoms with van der Waals surface area (Å²) in [5.41, 5.74) is 3.04. The first kappa shape index (κ1) is 28.4. The number of aryl methyl sites for hydroxylation is 4. The number of hydrogen-bond acceptors (Lipinski definition) is 10. The van der Waals surface area contributed by atoms with Gasteiger partial charge in [0.1, 0.15) is 34.5 Å². The monoisotopic (exact) mass is 606 g/mol. The summed E-state index contributed by atoms with van der Waals surface area (Å²) in [5, 5.41) is 2.65. The minimum Gasteiger partial charge on any atom is -0.377 e. The first-order valence-electron chi connectivity index (χ1n) is 15.6. The highest BCUT2D eigenvalue weighted by Gasteiger charge is 2.32. The molecule has 0 saturated heterocycles. The number of thiophene rings is 2. The predicted molar refractivity (Wildman–Crippen MR) is 172 cm³/mol. The SMILES string of the molecule is COCc1nc(N(C)C2CC2)c2c3c(sc2n1)CCCC3.COCc1nc(N(C)C2CC2)c2c3c(sc2n1)CCCC3. The Bertz CT molecular complexity index is 1470. The Morgan fingerprint density at radius 2 is 1.02 bits per heavy atom. The van der Waals surface area contributed by atoms with Crippen molar-refractivity contribution < 1.29 is 9.47 Å². The van der Waals surface area contributed by atoms with Gasteiger partial charge in [0, 0.05) is 50.2 Å². The first-order valence-corrected chi connectivity index (χ1v) is 17.2. The van der Waals surface area contributed by atoms with Gasteiger partial charge < -0.3 is 19.3 Å². The van der Waals surface area contributed by atoms with Crippen molar-refractivity contribution in [3.8, 4) is 0 Å². The number of fused-ring (bicyclic) bond motifs is 6. The van der Waals surface area contributed by atoms with Crippen molar-refractivity contribution in [2.75, 3.05) is 38.1 Å². The molecule has 2 fully saturated rings. The zero-order valence-electron chi connectivity index (χ0n) is 25.4. The molecule has 8 rings (SSSR count). The van der Waals surface area contributed by atoms with Gasteiger partial charge in [-0.1, -0.05) is 0 Å². The highest BCUT2D eigenvalue weighted by atomic mass is 32.1. The normalized spacial score (nSPS) is 18.0. The Hall–Kier alpha value is -2.40. The van der Waals surface area contributed by atoms with Gasteiger partial charge in [-0.2, -0.15) is 0 Å². The fraction of sp³-hybridized carbons (Fsp3) is 0.625. The lowest BCUT2D eigenvalue weighted by Gasteiger charge is -2.20. The zero-order valence-corrected chi connectivity index (χ0v) is 27.0. The van der Waals surface area contributed by atoms with Gasteiger partial charge in [0.05, 0.1) is 10.8 Å². The van der Waals surface area contributed by atoms with Gasteiger partial charge in [-0.15, -0.1) is 22.7 Å². The molecule has 0 aromatic carbocycles. The minimum absolute atomic E-state index is 0.490. The van der Waals surface area contributed by atoms with Gasteiger partial charge in [0.25, 0.3) is 0 Å². The Labute approximate surface area is 256 Å². The van der Waals surface area contributed by atoms with E-state index < -0.39 is 0 Å². The van der Waals surface area contributed by atoms with Crippen LogP contribution >= 0.6 is 22.7 Å². The topological polar surface area (TPSA) is 76.5 Å². The third-order valence-electron chi connectivity index (χ3n) is 9.09. The molecule has 0 unspecified atom stereocenters. The van der Waals surface area contributed by atoms with Gasteiger partial charge in [0.2, 0.25) is 0 Å². The largest absolute Gasteiger partial charge is 0.377 e. The van der Waals surface area contributed by atoms with Crippen LogP contribution in [0, 0.1) is 0 Å². The molecule has 2 saturated carbocycles. The van der Waals surface area contributed by atoms with E-state index >= 15 is 0 Å². The summed E-state index contributed by atoms with van der Waals surface area (Å²) in [6.45, 7) is 0.980. The third kappa shape index (κ3) is 5.51. The van der Waals surface area contributed by atoms with E-state index in [4.69, 9.17) is 29.4 Å². The van der Waals surface area contributed by atoms with Crippen molar-refractivity contribution in [3.63, 3.8) is 0 Å². The maximum atomic E-state index is 5.25. The summed E-state index contributed by atoms with van der Waals surface area (Å²) >= 11 is 3.74. The van der Waals surface area contributed by atoms with Crippen LogP contribution in [0.25, 0.3) is 20.4 Å². The zero-order chi connectivity index (χ0) is 28.8. The molecule has 4 aliphatic carbocycles. The van der Waals surface area contributed by atoms with Crippen molar-refractivity contribution in [2.45, 2.75) is 102 Å². The lowest BCUT2D eigenvalue weighted by atomic mass is 9.97. The second-order valence-electron chi connectivity index (χ2n) is 12.3. The maximum absolute atomic E-state index is 5.25. The summed E-state index contributed by atoms with van der Waals surface area (Å²) in [5.74, 6) is 3.89. The van der Waals surface area contributed by atoms with Gasteiger partial charge in [0.15, 0.2) is 11.6 Å². The van der Waals surface area contributed by atoms with Crippen molar-refractivity contribution in [2.24, 2.45) is 0 Å². The van der Waals surface area contributed by atoms with E-state index in [1.807, 2.05) is 22.7 Å². The molecule has 8 nitrogen and oxygen atoms in total. The van der Waals surface area contributed by atoms with E-state index in [-0.39, 0.29) is 0 Å². The van der Waals surface area contributed by atoms with Crippen LogP contribution in [0.1, 0.15) is 83.9 Å². The molecular weight excluding hydrogens is 565 g/mol. The van der Waals surface area contributed by atoms with Crippen LogP contribution in [0.5, 0.6) is 0 Å². The molecular formula is C32H42N6O2S2. The Kier molecular flexibility index (Phi) is 8.07. The number of hydrogen-bond donors (Lipinski definition) is 0. The third-order valence-corrected chi connectivity index (χ3v) is 11.5. The molecule has 0 spiro atoms. The average molecular weight is 607 g/mol. The van der Waals surface area contributed by atoms with Crippen molar-refractivity contribution in [1.29, 1.82) is 0 Å². The fourth-order valence-electron chi connectivity index (χ4n) is 6.53. The van der Waals surface area contributed by atoms with E-state index in [1.54, 1.807) is 14.2 Å². The van der Waals surface area contributed by atoms with Gasteiger partial charge >= 0.3 is 0 Å². The summed E-state index contributed by atoms with van der Waals surface area (Å²) in [4.78, 5) is 29.3. The Morgan fingerprint density at radius 1 is 0.619 bits per heavy atom. The molecule has 0 aliphatic heterocycles. The minimum atomic E-state index is 0.490. The number of nitrogens with zero attached hydrogens (tertiary/aromatic N) is 6. The van der Waals surface area contributed by atoms with Gasteiger partial charge in [-0.3, -0.25) is 0 Å². The highest BCUT2D eigenvalue weighted by molar-refractivity contribution is 7.19. The summed E-state index contributed by atoms with van der Waals surface area (Å²) < 4.78 is 10.5. The van der Waals surface area contributed by atoms with E-state index in [1.165, 1.54) is 109 Å². The second-order valence-corrected chi connectivity index (χ2v) is 14.4. The Balaban J connectivity index is 0.000000137. The summed E-state index contributed by atoms with van der Waals surface area (Å²) in [6.07, 6.45) is 15.2. The number of anilines is 2. The summed E-state index contributed by atoms with van der Waals surface area (Å²) in [7, 11) is 7.78. The molecule has 0 N–H and O–H groups in total. The molecule has 4 heterocycles. The number of rotatable bonds is 8. The molecule has 4 aliphatic rings. The predicted octanol–water partition coefficient (Wildman–Crippen LogP) is 6.63. The average Bonchev–Trinajstić information content (AvgIpc) is 3.94. The van der Waals surface area contributed by atoms with E-state index in [0.717, 1.165) is 32.9 Å². The maximum Gasteiger partial charge on any atom is 0.158 e. The molecule has 0 atom stereocenters. The van der Waals surface area contributed by atoms with Crippen LogP contribution in [-0.2, 0) is 48.4 Å². The van der Waals surface area contributed by atoms with Crippen LogP contribution in [0.2, 0.25) is 0 Å². The van der Waals surface area contributed by atoms with Gasteiger partial charge in [-0.05, 0) is 88.2 Å². The van der Waals surface area contributed by atoms with E-state index in [0.29, 0.717) is 25.3 Å². The molecule has 10 heteroatoms. The van der Waals surface area contributed by atoms with Crippen LogP contribution in [0.15, 0.2) is 0 Å². The second kappa shape index (κ2) is 11.9. The van der Waals surface area contributed by atoms with E-state index in [2.05, 4.69) is 23.9 Å². The molecule has 4 aromatic heterocycles. The standard InChI is InChI=1S/2C16H21N3OS/c2*1-19(10-7-8-10)15-14-11-5-3-4-6-12(11)21-16(14)18-13(17-15)9-20-2/h2*10H,3-9H2,1-2H3. The molecule has 0 bridgehead atoms. The smallest absolute Gasteiger partial charge is 0.158 e. The quantitative estimate of drug-likeness (QED) is 0.221. The fourth-order valence-corrected chi connectivity index (χ4v) is 9.08. The lowest BCUT2D eigenvalue weighted by Crippen LogP contribution is -2.22. The van der Waals surface area contributed by atoms with Crippen molar-refractivity contribution >= 4 is 54.7 Å². The Morgan fingerprint density at radius 3 is 1.40 bits per heavy atom. The molecule has 0 radical (unpaired) electrons. The van der Waals surface area contributed by atoms with Crippen molar-refractivity contribution in [3.05, 3.63) is 32.5 Å². The number of ether oxygens (including phenoxy) is 2. The number of aromatic nitrogens is 4. The van der Waals surface area contributed by atoms with Crippen LogP contribution < -0.4 is 9.80 Å². The van der Waals surface area contributed by atoms with Crippen LogP contribution in [-0.4, -0.2) is 60.3 Å². The lowest BCUT2D eigenvalue weighted by molar-refractivity contribution is 0.178. The van der Waals surface area contributed by atoms with Gasteiger partial charge in [-0.25, -0.2) is 19.9 Å². The highest BCUT2D eigenvalue weighted by Crippen LogP contribution is 2.43. The molecule has 224 valence electrons. The van der Waals surface area contributed by atoms with Crippen LogP contribution in [0.4, 0.5) is 11.6 Å². The first-order chi connectivity index (χ1) is 20.6. The summed E-state index contributed by atoms with van der Waals surface area (Å²) in [6, 6.07) is 1.33. The molecule has 42 heavy (non-hydrogen) atoms. The molecule has 0 amide bonds. The molecule has 4 aromatic rings. The number of methoxy groups -OCH3 is 2. The van der Waals surface area contributed by atoms with Crippen molar-refractivity contribution in [1.82, 2.24) is 19.9 Å².